The van der Waals surface area contributed by atoms with E-state index in [2.05, 4.69) is 6.92 Å². The normalized spacial score (nSPS) is 28.0. The van der Waals surface area contributed by atoms with E-state index < -0.39 is 11.6 Å². The van der Waals surface area contributed by atoms with Gasteiger partial charge in [0.25, 0.3) is 0 Å². The third-order valence-electron chi connectivity index (χ3n) is 6.74. The topological polar surface area (TPSA) is 18.5 Å². The molecule has 2 saturated heterocycles. The molecule has 4 unspecified atom stereocenters. The lowest BCUT2D eigenvalue weighted by molar-refractivity contribution is -0.0583. The zero-order chi connectivity index (χ0) is 20.5. The van der Waals surface area contributed by atoms with Gasteiger partial charge in [-0.2, -0.15) is 0 Å². The van der Waals surface area contributed by atoms with Crippen LogP contribution < -0.4 is 0 Å². The first-order valence-electron chi connectivity index (χ1n) is 11.0. The van der Waals surface area contributed by atoms with Crippen molar-refractivity contribution in [2.45, 2.75) is 71.5 Å². The minimum Gasteiger partial charge on any atom is -0.378 e. The van der Waals surface area contributed by atoms with Gasteiger partial charge in [0.05, 0.1) is 12.2 Å². The number of hydrogen-bond acceptors (Lipinski definition) is 2. The molecule has 2 nitrogen and oxygen atoms in total. The van der Waals surface area contributed by atoms with Crippen LogP contribution >= 0.6 is 0 Å². The zero-order valence-corrected chi connectivity index (χ0v) is 17.8. The summed E-state index contributed by atoms with van der Waals surface area (Å²) < 4.78 is 40.7. The quantitative estimate of drug-likeness (QED) is 0.599. The molecule has 2 aromatic carbocycles. The lowest BCUT2D eigenvalue weighted by Gasteiger charge is -2.34. The molecule has 2 fully saturated rings. The molecule has 0 spiro atoms. The van der Waals surface area contributed by atoms with Crippen molar-refractivity contribution in [3.05, 3.63) is 46.5 Å². The minimum atomic E-state index is -0.484. The van der Waals surface area contributed by atoms with Gasteiger partial charge in [-0.1, -0.05) is 19.1 Å². The summed E-state index contributed by atoms with van der Waals surface area (Å²) in [6.07, 6.45) is 7.09. The van der Waals surface area contributed by atoms with Crippen molar-refractivity contribution in [2.24, 2.45) is 11.8 Å². The highest BCUT2D eigenvalue weighted by atomic mass is 19.1. The van der Waals surface area contributed by atoms with Crippen LogP contribution in [0.15, 0.2) is 18.2 Å². The molecule has 29 heavy (non-hydrogen) atoms. The summed E-state index contributed by atoms with van der Waals surface area (Å²) in [5.74, 6) is 0.339. The van der Waals surface area contributed by atoms with E-state index in [1.54, 1.807) is 0 Å². The molecule has 0 radical (unpaired) electrons. The SMILES string of the molecule is Cc1c(F)cc2cc(CC3CCC(CC4CCC(C)CO4)CO3)cc(C)c2c1F. The highest BCUT2D eigenvalue weighted by Crippen LogP contribution is 2.31. The summed E-state index contributed by atoms with van der Waals surface area (Å²) in [4.78, 5) is 0. The maximum atomic E-state index is 14.5. The number of fused-ring (bicyclic) bond motifs is 1. The Labute approximate surface area is 172 Å². The van der Waals surface area contributed by atoms with Crippen molar-refractivity contribution < 1.29 is 18.3 Å². The Balaban J connectivity index is 1.37. The summed E-state index contributed by atoms with van der Waals surface area (Å²) in [7, 11) is 0. The molecule has 0 saturated carbocycles. The van der Waals surface area contributed by atoms with Crippen LogP contribution in [0.25, 0.3) is 10.8 Å². The van der Waals surface area contributed by atoms with Gasteiger partial charge in [-0.05, 0) is 86.8 Å². The van der Waals surface area contributed by atoms with Crippen molar-refractivity contribution in [2.75, 3.05) is 13.2 Å². The molecule has 4 rings (SSSR count). The lowest BCUT2D eigenvalue weighted by atomic mass is 9.88. The van der Waals surface area contributed by atoms with Gasteiger partial charge < -0.3 is 9.47 Å². The van der Waals surface area contributed by atoms with Crippen LogP contribution in [0.4, 0.5) is 8.78 Å². The predicted molar refractivity (Wildman–Crippen MR) is 112 cm³/mol. The fraction of sp³-hybridized carbons (Fsp3) is 0.600. The van der Waals surface area contributed by atoms with Gasteiger partial charge in [0.1, 0.15) is 11.6 Å². The molecule has 2 aliphatic rings. The molecule has 2 heterocycles. The number of rotatable bonds is 4. The molecular formula is C25H32F2O2. The summed E-state index contributed by atoms with van der Waals surface area (Å²) in [5.41, 5.74) is 2.03. The summed E-state index contributed by atoms with van der Waals surface area (Å²) in [6, 6.07) is 5.39. The van der Waals surface area contributed by atoms with Crippen molar-refractivity contribution in [3.63, 3.8) is 0 Å². The van der Waals surface area contributed by atoms with E-state index in [4.69, 9.17) is 9.47 Å². The first kappa shape index (κ1) is 20.7. The van der Waals surface area contributed by atoms with Crippen LogP contribution in [0.3, 0.4) is 0 Å². The molecule has 2 aliphatic heterocycles. The van der Waals surface area contributed by atoms with E-state index >= 15 is 0 Å². The zero-order valence-electron chi connectivity index (χ0n) is 17.8. The standard InChI is InChI=1S/C25H32F2O2/c1-15-4-6-21(28-13-15)10-18-5-7-22(29-14-18)11-19-8-16(2)24-20(9-19)12-23(26)17(3)25(24)27/h8-9,12,15,18,21-22H,4-7,10-11,13-14H2,1-3H3. The Kier molecular flexibility index (Phi) is 6.21. The van der Waals surface area contributed by atoms with Crippen LogP contribution in [0.1, 0.15) is 55.7 Å². The Morgan fingerprint density at radius 1 is 0.931 bits per heavy atom. The van der Waals surface area contributed by atoms with Crippen molar-refractivity contribution in [1.29, 1.82) is 0 Å². The number of aryl methyl sites for hydroxylation is 1. The van der Waals surface area contributed by atoms with Crippen LogP contribution in [0.5, 0.6) is 0 Å². The van der Waals surface area contributed by atoms with Crippen molar-refractivity contribution in [1.82, 2.24) is 0 Å². The van der Waals surface area contributed by atoms with Crippen molar-refractivity contribution in [3.8, 4) is 0 Å². The first-order valence-corrected chi connectivity index (χ1v) is 11.0. The molecule has 4 atom stereocenters. The fourth-order valence-corrected chi connectivity index (χ4v) is 4.93. The average molecular weight is 403 g/mol. The predicted octanol–water partition coefficient (Wildman–Crippen LogP) is 6.28. The average Bonchev–Trinajstić information content (AvgIpc) is 2.69. The molecule has 0 bridgehead atoms. The largest absolute Gasteiger partial charge is 0.378 e. The highest BCUT2D eigenvalue weighted by molar-refractivity contribution is 5.87. The highest BCUT2D eigenvalue weighted by Gasteiger charge is 2.27. The molecular weight excluding hydrogens is 370 g/mol. The Hall–Kier alpha value is -1.52. The van der Waals surface area contributed by atoms with E-state index in [1.165, 1.54) is 25.8 Å². The number of benzene rings is 2. The maximum Gasteiger partial charge on any atom is 0.137 e. The third kappa shape index (κ3) is 4.64. The van der Waals surface area contributed by atoms with Gasteiger partial charge >= 0.3 is 0 Å². The number of ether oxygens (including phenoxy) is 2. The monoisotopic (exact) mass is 402 g/mol. The van der Waals surface area contributed by atoms with Gasteiger partial charge in [-0.25, -0.2) is 8.78 Å². The smallest absolute Gasteiger partial charge is 0.137 e. The fourth-order valence-electron chi connectivity index (χ4n) is 4.93. The lowest BCUT2D eigenvalue weighted by Crippen LogP contribution is -2.32. The van der Waals surface area contributed by atoms with E-state index in [-0.39, 0.29) is 11.7 Å². The van der Waals surface area contributed by atoms with Crippen molar-refractivity contribution >= 4 is 10.8 Å². The van der Waals surface area contributed by atoms with Gasteiger partial charge in [0.2, 0.25) is 0 Å². The second-order valence-electron chi connectivity index (χ2n) is 9.28. The molecule has 0 amide bonds. The van der Waals surface area contributed by atoms with Crippen LogP contribution in [-0.2, 0) is 15.9 Å². The first-order chi connectivity index (χ1) is 13.9. The van der Waals surface area contributed by atoms with Gasteiger partial charge in [0.15, 0.2) is 0 Å². The molecule has 0 aliphatic carbocycles. The van der Waals surface area contributed by atoms with Gasteiger partial charge in [-0.3, -0.25) is 0 Å². The summed E-state index contributed by atoms with van der Waals surface area (Å²) in [5, 5.41) is 1.16. The van der Waals surface area contributed by atoms with Crippen LogP contribution in [0.2, 0.25) is 0 Å². The Morgan fingerprint density at radius 2 is 1.69 bits per heavy atom. The molecule has 0 N–H and O–H groups in total. The number of halogens is 2. The molecule has 2 aromatic rings. The summed E-state index contributed by atoms with van der Waals surface area (Å²) in [6.45, 7) is 7.32. The van der Waals surface area contributed by atoms with Crippen LogP contribution in [-0.4, -0.2) is 25.4 Å². The molecule has 158 valence electrons. The van der Waals surface area contributed by atoms with E-state index in [0.29, 0.717) is 28.7 Å². The van der Waals surface area contributed by atoms with Crippen LogP contribution in [0, 0.1) is 37.3 Å². The second kappa shape index (κ2) is 8.69. The van der Waals surface area contributed by atoms with E-state index in [0.717, 1.165) is 50.0 Å². The Bertz CT molecular complexity index is 863. The minimum absolute atomic E-state index is 0.0893. The third-order valence-corrected chi connectivity index (χ3v) is 6.74. The second-order valence-corrected chi connectivity index (χ2v) is 9.28. The van der Waals surface area contributed by atoms with Gasteiger partial charge in [0, 0.05) is 24.2 Å². The van der Waals surface area contributed by atoms with Gasteiger partial charge in [-0.15, -0.1) is 0 Å². The molecule has 0 aromatic heterocycles. The maximum absolute atomic E-state index is 14.5. The molecule has 4 heteroatoms. The summed E-state index contributed by atoms with van der Waals surface area (Å²) >= 11 is 0. The number of hydrogen-bond donors (Lipinski definition) is 0. The van der Waals surface area contributed by atoms with E-state index in [9.17, 15) is 8.78 Å². The van der Waals surface area contributed by atoms with E-state index in [1.807, 2.05) is 19.1 Å². The Morgan fingerprint density at radius 3 is 2.38 bits per heavy atom.